The molecule has 3 heteroatoms. The minimum absolute atomic E-state index is 0.0971. The molecule has 3 N–H and O–H groups in total. The normalized spacial score (nSPS) is 12.4. The molecule has 1 aromatic carbocycles. The van der Waals surface area contributed by atoms with E-state index in [1.807, 2.05) is 19.2 Å². The standard InChI is InChI=1S/C15H19N3/c1-11-4-3-5-13(8-11)9-15(18-16)14-7-6-12(2)17-10-14/h3-8,10,15,18H,9,16H2,1-2H3. The predicted octanol–water partition coefficient (Wildman–Crippen LogP) is 2.45. The number of nitrogens with zero attached hydrogens (tertiary/aromatic N) is 1. The van der Waals surface area contributed by atoms with E-state index >= 15 is 0 Å². The largest absolute Gasteiger partial charge is 0.271 e. The highest BCUT2D eigenvalue weighted by atomic mass is 15.2. The molecule has 0 fully saturated rings. The van der Waals surface area contributed by atoms with Gasteiger partial charge in [-0.2, -0.15) is 0 Å². The van der Waals surface area contributed by atoms with Crippen molar-refractivity contribution >= 4 is 0 Å². The highest BCUT2D eigenvalue weighted by molar-refractivity contribution is 5.26. The molecule has 0 saturated heterocycles. The van der Waals surface area contributed by atoms with E-state index < -0.39 is 0 Å². The highest BCUT2D eigenvalue weighted by Gasteiger charge is 2.10. The van der Waals surface area contributed by atoms with Crippen LogP contribution in [0.25, 0.3) is 0 Å². The SMILES string of the molecule is Cc1cccc(CC(NN)c2ccc(C)nc2)c1. The molecule has 0 saturated carbocycles. The van der Waals surface area contributed by atoms with Crippen molar-refractivity contribution in [3.8, 4) is 0 Å². The molecular weight excluding hydrogens is 222 g/mol. The number of pyridine rings is 1. The molecule has 3 nitrogen and oxygen atoms in total. The molecule has 1 atom stereocenters. The highest BCUT2D eigenvalue weighted by Crippen LogP contribution is 2.17. The zero-order valence-electron chi connectivity index (χ0n) is 10.9. The van der Waals surface area contributed by atoms with Crippen molar-refractivity contribution in [3.63, 3.8) is 0 Å². The fourth-order valence-corrected chi connectivity index (χ4v) is 2.03. The summed E-state index contributed by atoms with van der Waals surface area (Å²) in [5.74, 6) is 5.65. The Morgan fingerprint density at radius 3 is 2.67 bits per heavy atom. The van der Waals surface area contributed by atoms with E-state index in [4.69, 9.17) is 5.84 Å². The van der Waals surface area contributed by atoms with E-state index in [2.05, 4.69) is 47.7 Å². The van der Waals surface area contributed by atoms with E-state index in [1.54, 1.807) is 0 Å². The first kappa shape index (κ1) is 12.7. The van der Waals surface area contributed by atoms with Crippen LogP contribution in [0.5, 0.6) is 0 Å². The van der Waals surface area contributed by atoms with Crippen molar-refractivity contribution in [1.82, 2.24) is 10.4 Å². The molecule has 0 bridgehead atoms. The maximum atomic E-state index is 5.65. The van der Waals surface area contributed by atoms with E-state index in [-0.39, 0.29) is 6.04 Å². The fourth-order valence-electron chi connectivity index (χ4n) is 2.03. The zero-order chi connectivity index (χ0) is 13.0. The molecule has 0 spiro atoms. The number of hydrogen-bond acceptors (Lipinski definition) is 3. The minimum atomic E-state index is 0.0971. The Bertz CT molecular complexity index is 505. The van der Waals surface area contributed by atoms with Crippen molar-refractivity contribution in [3.05, 3.63) is 65.0 Å². The summed E-state index contributed by atoms with van der Waals surface area (Å²) in [6, 6.07) is 12.7. The lowest BCUT2D eigenvalue weighted by Crippen LogP contribution is -2.29. The second-order valence-electron chi connectivity index (χ2n) is 4.65. The number of nitrogens with two attached hydrogens (primary N) is 1. The summed E-state index contributed by atoms with van der Waals surface area (Å²) in [5, 5.41) is 0. The van der Waals surface area contributed by atoms with Gasteiger partial charge >= 0.3 is 0 Å². The second kappa shape index (κ2) is 5.76. The molecule has 0 aliphatic heterocycles. The lowest BCUT2D eigenvalue weighted by molar-refractivity contribution is 0.550. The molecule has 0 radical (unpaired) electrons. The summed E-state index contributed by atoms with van der Waals surface area (Å²) in [6.07, 6.45) is 2.75. The first-order valence-corrected chi connectivity index (χ1v) is 6.13. The number of aryl methyl sites for hydroxylation is 2. The summed E-state index contributed by atoms with van der Waals surface area (Å²) < 4.78 is 0. The maximum absolute atomic E-state index is 5.65. The van der Waals surface area contributed by atoms with E-state index in [9.17, 15) is 0 Å². The van der Waals surface area contributed by atoms with E-state index in [0.717, 1.165) is 17.7 Å². The molecule has 0 aliphatic rings. The van der Waals surface area contributed by atoms with Gasteiger partial charge in [0.15, 0.2) is 0 Å². The summed E-state index contributed by atoms with van der Waals surface area (Å²) in [7, 11) is 0. The lowest BCUT2D eigenvalue weighted by atomic mass is 9.99. The summed E-state index contributed by atoms with van der Waals surface area (Å²) in [4.78, 5) is 4.31. The molecule has 1 aromatic heterocycles. The number of benzene rings is 1. The van der Waals surface area contributed by atoms with Crippen LogP contribution in [0.4, 0.5) is 0 Å². The topological polar surface area (TPSA) is 50.9 Å². The minimum Gasteiger partial charge on any atom is -0.271 e. The number of rotatable bonds is 4. The van der Waals surface area contributed by atoms with Gasteiger partial charge in [-0.3, -0.25) is 16.3 Å². The Kier molecular flexibility index (Phi) is 4.07. The van der Waals surface area contributed by atoms with Gasteiger partial charge in [-0.1, -0.05) is 35.9 Å². The van der Waals surface area contributed by atoms with Crippen molar-refractivity contribution in [1.29, 1.82) is 0 Å². The second-order valence-corrected chi connectivity index (χ2v) is 4.65. The predicted molar refractivity (Wildman–Crippen MR) is 73.9 cm³/mol. The van der Waals surface area contributed by atoms with Crippen LogP contribution in [0.2, 0.25) is 0 Å². The first-order chi connectivity index (χ1) is 8.69. The maximum Gasteiger partial charge on any atom is 0.0515 e. The van der Waals surface area contributed by atoms with Gasteiger partial charge < -0.3 is 0 Å². The molecule has 1 unspecified atom stereocenters. The first-order valence-electron chi connectivity index (χ1n) is 6.13. The fraction of sp³-hybridized carbons (Fsp3) is 0.267. The quantitative estimate of drug-likeness (QED) is 0.638. The van der Waals surface area contributed by atoms with Crippen molar-refractivity contribution in [2.24, 2.45) is 5.84 Å². The molecule has 94 valence electrons. The van der Waals surface area contributed by atoms with E-state index in [1.165, 1.54) is 11.1 Å². The zero-order valence-corrected chi connectivity index (χ0v) is 10.9. The number of nitrogens with one attached hydrogen (secondary N) is 1. The Morgan fingerprint density at radius 1 is 1.22 bits per heavy atom. The summed E-state index contributed by atoms with van der Waals surface area (Å²) in [6.45, 7) is 4.08. The third kappa shape index (κ3) is 3.15. The van der Waals surface area contributed by atoms with Crippen molar-refractivity contribution < 1.29 is 0 Å². The van der Waals surface area contributed by atoms with Crippen molar-refractivity contribution in [2.45, 2.75) is 26.3 Å². The van der Waals surface area contributed by atoms with Crippen LogP contribution in [0.1, 0.15) is 28.4 Å². The third-order valence-corrected chi connectivity index (χ3v) is 3.06. The molecule has 18 heavy (non-hydrogen) atoms. The smallest absolute Gasteiger partial charge is 0.0515 e. The lowest BCUT2D eigenvalue weighted by Gasteiger charge is -2.16. The molecule has 2 aromatic rings. The van der Waals surface area contributed by atoms with Crippen molar-refractivity contribution in [2.75, 3.05) is 0 Å². The third-order valence-electron chi connectivity index (χ3n) is 3.06. The van der Waals surface area contributed by atoms with Gasteiger partial charge in [0.25, 0.3) is 0 Å². The van der Waals surface area contributed by atoms with Crippen LogP contribution in [0.3, 0.4) is 0 Å². The van der Waals surface area contributed by atoms with Crippen LogP contribution < -0.4 is 11.3 Å². The van der Waals surface area contributed by atoms with Gasteiger partial charge in [0.2, 0.25) is 0 Å². The molecular formula is C15H19N3. The Morgan fingerprint density at radius 2 is 2.06 bits per heavy atom. The van der Waals surface area contributed by atoms with Gasteiger partial charge in [0.1, 0.15) is 0 Å². The van der Waals surface area contributed by atoms with Crippen LogP contribution >= 0.6 is 0 Å². The Hall–Kier alpha value is -1.71. The van der Waals surface area contributed by atoms with Gasteiger partial charge in [0, 0.05) is 11.9 Å². The number of aromatic nitrogens is 1. The van der Waals surface area contributed by atoms with E-state index in [0.29, 0.717) is 0 Å². The van der Waals surface area contributed by atoms with Gasteiger partial charge in [-0.25, -0.2) is 0 Å². The monoisotopic (exact) mass is 241 g/mol. The molecule has 1 heterocycles. The van der Waals surface area contributed by atoms with Gasteiger partial charge in [-0.05, 0) is 37.5 Å². The van der Waals surface area contributed by atoms with Crippen LogP contribution in [0, 0.1) is 13.8 Å². The summed E-state index contributed by atoms with van der Waals surface area (Å²) in [5.41, 5.74) is 7.54. The van der Waals surface area contributed by atoms with Crippen LogP contribution in [0.15, 0.2) is 42.6 Å². The number of hydrazine groups is 1. The van der Waals surface area contributed by atoms with Gasteiger partial charge in [0.05, 0.1) is 6.04 Å². The Balaban J connectivity index is 2.17. The molecule has 0 amide bonds. The van der Waals surface area contributed by atoms with Gasteiger partial charge in [-0.15, -0.1) is 0 Å². The van der Waals surface area contributed by atoms with Crippen LogP contribution in [-0.4, -0.2) is 4.98 Å². The average molecular weight is 241 g/mol. The molecule has 2 rings (SSSR count). The Labute approximate surface area is 108 Å². The average Bonchev–Trinajstić information content (AvgIpc) is 2.37. The summed E-state index contributed by atoms with van der Waals surface area (Å²) >= 11 is 0. The molecule has 0 aliphatic carbocycles. The number of hydrogen-bond donors (Lipinski definition) is 2. The van der Waals surface area contributed by atoms with Crippen LogP contribution in [-0.2, 0) is 6.42 Å².